The Labute approximate surface area is 226 Å². The van der Waals surface area contributed by atoms with Crippen LogP contribution in [0.1, 0.15) is 49.8 Å². The molecule has 212 valence electrons. The third-order valence-electron chi connectivity index (χ3n) is 7.54. The highest BCUT2D eigenvalue weighted by Crippen LogP contribution is 2.35. The van der Waals surface area contributed by atoms with Crippen LogP contribution in [0.3, 0.4) is 0 Å². The highest BCUT2D eigenvalue weighted by molar-refractivity contribution is 5.95. The number of carbonyl (C=O) groups is 3. The lowest BCUT2D eigenvalue weighted by molar-refractivity contribution is -0.139. The molecule has 2 heterocycles. The second-order valence-electron chi connectivity index (χ2n) is 10.1. The lowest BCUT2D eigenvalue weighted by Crippen LogP contribution is -2.51. The molecule has 3 aliphatic rings. The highest BCUT2D eigenvalue weighted by atomic mass is 19.4. The van der Waals surface area contributed by atoms with E-state index in [4.69, 9.17) is 4.74 Å². The number of esters is 1. The predicted octanol–water partition coefficient (Wildman–Crippen LogP) is 4.11. The van der Waals surface area contributed by atoms with Gasteiger partial charge >= 0.3 is 18.2 Å². The summed E-state index contributed by atoms with van der Waals surface area (Å²) in [7, 11) is 0. The number of benzene rings is 1. The zero-order valence-corrected chi connectivity index (χ0v) is 22.1. The van der Waals surface area contributed by atoms with E-state index in [2.05, 4.69) is 16.8 Å². The number of hydrogen-bond donors (Lipinski definition) is 1. The number of nitrogens with zero attached hydrogens (tertiary/aromatic N) is 3. The minimum Gasteiger partial charge on any atom is -0.463 e. The number of carbonyl (C=O) groups excluding carboxylic acids is 3. The van der Waals surface area contributed by atoms with E-state index in [0.29, 0.717) is 37.4 Å². The van der Waals surface area contributed by atoms with Gasteiger partial charge in [0.05, 0.1) is 23.8 Å². The van der Waals surface area contributed by atoms with Gasteiger partial charge in [-0.2, -0.15) is 13.2 Å². The van der Waals surface area contributed by atoms with Crippen molar-refractivity contribution in [1.82, 2.24) is 20.0 Å². The van der Waals surface area contributed by atoms with Crippen molar-refractivity contribution in [2.75, 3.05) is 45.9 Å². The number of rotatable bonds is 8. The molecule has 0 spiro atoms. The number of amides is 3. The van der Waals surface area contributed by atoms with Crippen LogP contribution in [0.15, 0.2) is 48.2 Å². The smallest absolute Gasteiger partial charge is 0.416 e. The predicted molar refractivity (Wildman–Crippen MR) is 138 cm³/mol. The van der Waals surface area contributed by atoms with Crippen LogP contribution in [-0.2, 0) is 20.5 Å². The van der Waals surface area contributed by atoms with E-state index in [1.165, 1.54) is 17.0 Å². The van der Waals surface area contributed by atoms with E-state index in [1.54, 1.807) is 13.0 Å². The molecule has 1 aliphatic carbocycles. The molecule has 4 rings (SSSR count). The van der Waals surface area contributed by atoms with Crippen molar-refractivity contribution in [2.45, 2.75) is 44.8 Å². The maximum atomic E-state index is 13.3. The molecule has 39 heavy (non-hydrogen) atoms. The Balaban J connectivity index is 1.66. The first kappa shape index (κ1) is 28.7. The van der Waals surface area contributed by atoms with Crippen molar-refractivity contribution in [3.63, 3.8) is 0 Å². The average molecular weight is 549 g/mol. The number of halogens is 3. The van der Waals surface area contributed by atoms with Gasteiger partial charge in [0.1, 0.15) is 0 Å². The van der Waals surface area contributed by atoms with E-state index >= 15 is 0 Å². The quantitative estimate of drug-likeness (QED) is 0.391. The molecule has 1 atom stereocenters. The summed E-state index contributed by atoms with van der Waals surface area (Å²) in [5.74, 6) is -0.338. The molecule has 0 aromatic heterocycles. The number of alkyl halides is 3. The highest BCUT2D eigenvalue weighted by Gasteiger charge is 2.39. The maximum absolute atomic E-state index is 13.3. The summed E-state index contributed by atoms with van der Waals surface area (Å²) in [5, 5.41) is 2.77. The number of nitrogens with one attached hydrogen (secondary N) is 1. The molecule has 1 N–H and O–H groups in total. The fourth-order valence-corrected chi connectivity index (χ4v) is 5.23. The van der Waals surface area contributed by atoms with Crippen molar-refractivity contribution < 1.29 is 32.3 Å². The first-order valence-corrected chi connectivity index (χ1v) is 13.4. The van der Waals surface area contributed by atoms with Crippen LogP contribution in [0.4, 0.5) is 18.0 Å². The summed E-state index contributed by atoms with van der Waals surface area (Å²) in [6, 6.07) is 2.93. The number of hydrogen-bond acceptors (Lipinski definition) is 5. The van der Waals surface area contributed by atoms with Gasteiger partial charge in [-0.15, -0.1) is 6.58 Å². The van der Waals surface area contributed by atoms with Crippen LogP contribution in [0.25, 0.3) is 0 Å². The minimum atomic E-state index is -4.51. The summed E-state index contributed by atoms with van der Waals surface area (Å²) < 4.78 is 44.9. The summed E-state index contributed by atoms with van der Waals surface area (Å²) in [4.78, 5) is 44.8. The van der Waals surface area contributed by atoms with E-state index in [0.717, 1.165) is 37.8 Å². The van der Waals surface area contributed by atoms with Crippen LogP contribution in [-0.4, -0.2) is 78.5 Å². The molecule has 2 fully saturated rings. The monoisotopic (exact) mass is 548 g/mol. The van der Waals surface area contributed by atoms with Crippen LogP contribution in [0.2, 0.25) is 0 Å². The van der Waals surface area contributed by atoms with Crippen LogP contribution in [0.5, 0.6) is 0 Å². The van der Waals surface area contributed by atoms with E-state index < -0.39 is 29.8 Å². The third-order valence-corrected chi connectivity index (χ3v) is 7.54. The summed E-state index contributed by atoms with van der Waals surface area (Å²) >= 11 is 0. The first-order valence-electron chi connectivity index (χ1n) is 13.4. The standard InChI is InChI=1S/C28H35F3N4O4/c1-3-13-35-22(18-33-14-6-15-34(17-16-33)25(36)20-7-5-8-20)23(26(37)39-4-2)24(32-27(35)38)19-9-11-21(12-10-19)28(29,30)31/h3,9-12,20,24H,1,4-8,13-18H2,2H3,(H,32,38). The summed E-state index contributed by atoms with van der Waals surface area (Å²) in [6.45, 7) is 8.27. The van der Waals surface area contributed by atoms with E-state index in [-0.39, 0.29) is 37.1 Å². The van der Waals surface area contributed by atoms with Crippen molar-refractivity contribution in [3.8, 4) is 0 Å². The summed E-state index contributed by atoms with van der Waals surface area (Å²) in [5.41, 5.74) is 0.0999. The van der Waals surface area contributed by atoms with Gasteiger partial charge in [-0.1, -0.05) is 24.6 Å². The van der Waals surface area contributed by atoms with Crippen molar-refractivity contribution in [2.24, 2.45) is 5.92 Å². The second kappa shape index (κ2) is 12.2. The van der Waals surface area contributed by atoms with Gasteiger partial charge in [-0.05, 0) is 43.9 Å². The van der Waals surface area contributed by atoms with Crippen LogP contribution >= 0.6 is 0 Å². The second-order valence-corrected chi connectivity index (χ2v) is 10.1. The van der Waals surface area contributed by atoms with Gasteiger partial charge in [0.25, 0.3) is 0 Å². The van der Waals surface area contributed by atoms with Crippen molar-refractivity contribution in [1.29, 1.82) is 0 Å². The van der Waals surface area contributed by atoms with E-state index in [1.807, 2.05) is 4.90 Å². The lowest BCUT2D eigenvalue weighted by Gasteiger charge is -2.38. The molecule has 1 aromatic carbocycles. The molecule has 11 heteroatoms. The zero-order chi connectivity index (χ0) is 28.2. The number of ether oxygens (including phenoxy) is 1. The summed E-state index contributed by atoms with van der Waals surface area (Å²) in [6.07, 6.45) is 0.736. The van der Waals surface area contributed by atoms with Gasteiger partial charge in [0.2, 0.25) is 5.91 Å². The Kier molecular flexibility index (Phi) is 8.99. The Hall–Kier alpha value is -3.34. The number of urea groups is 1. The van der Waals surface area contributed by atoms with Gasteiger partial charge < -0.3 is 15.0 Å². The van der Waals surface area contributed by atoms with Gasteiger partial charge in [0.15, 0.2) is 0 Å². The fraction of sp³-hybridized carbons (Fsp3) is 0.536. The van der Waals surface area contributed by atoms with Gasteiger partial charge in [-0.25, -0.2) is 9.59 Å². The topological polar surface area (TPSA) is 82.2 Å². The molecule has 1 unspecified atom stereocenters. The van der Waals surface area contributed by atoms with Crippen LogP contribution in [0, 0.1) is 5.92 Å². The van der Waals surface area contributed by atoms with Gasteiger partial charge in [-0.3, -0.25) is 14.6 Å². The maximum Gasteiger partial charge on any atom is 0.416 e. The molecule has 1 saturated heterocycles. The molecule has 0 radical (unpaired) electrons. The Morgan fingerprint density at radius 2 is 1.82 bits per heavy atom. The first-order chi connectivity index (χ1) is 18.6. The van der Waals surface area contributed by atoms with Gasteiger partial charge in [0, 0.05) is 50.9 Å². The molecular weight excluding hydrogens is 513 g/mol. The third kappa shape index (κ3) is 6.46. The van der Waals surface area contributed by atoms with E-state index in [9.17, 15) is 27.6 Å². The van der Waals surface area contributed by atoms with Crippen molar-refractivity contribution >= 4 is 17.9 Å². The Morgan fingerprint density at radius 1 is 1.10 bits per heavy atom. The zero-order valence-electron chi connectivity index (χ0n) is 22.1. The van der Waals surface area contributed by atoms with Crippen LogP contribution < -0.4 is 5.32 Å². The molecular formula is C28H35F3N4O4. The Morgan fingerprint density at radius 3 is 2.41 bits per heavy atom. The Bertz CT molecular complexity index is 1110. The molecule has 1 aromatic rings. The molecule has 2 aliphatic heterocycles. The molecule has 3 amide bonds. The molecule has 8 nitrogen and oxygen atoms in total. The largest absolute Gasteiger partial charge is 0.463 e. The molecule has 1 saturated carbocycles. The lowest BCUT2D eigenvalue weighted by atomic mass is 9.84. The fourth-order valence-electron chi connectivity index (χ4n) is 5.23. The van der Waals surface area contributed by atoms with Crippen molar-refractivity contribution in [3.05, 3.63) is 59.3 Å². The molecule has 0 bridgehead atoms. The SMILES string of the molecule is C=CCN1C(=O)NC(c2ccc(C(F)(F)F)cc2)C(C(=O)OCC)=C1CN1CCCN(C(=O)C2CCC2)CC1. The average Bonchev–Trinajstić information content (AvgIpc) is 3.10. The minimum absolute atomic E-state index is 0.0900. The normalized spacial score (nSPS) is 21.2.